The molecule has 0 saturated carbocycles. The van der Waals surface area contributed by atoms with E-state index in [4.69, 9.17) is 0 Å². The van der Waals surface area contributed by atoms with Gasteiger partial charge in [0.1, 0.15) is 0 Å². The molecular formula is C43H33N3. The first-order chi connectivity index (χ1) is 22.7. The van der Waals surface area contributed by atoms with Gasteiger partial charge >= 0.3 is 0 Å². The van der Waals surface area contributed by atoms with Gasteiger partial charge in [0.2, 0.25) is 0 Å². The Morgan fingerprint density at radius 1 is 0.543 bits per heavy atom. The van der Waals surface area contributed by atoms with E-state index in [2.05, 4.69) is 150 Å². The van der Waals surface area contributed by atoms with Crippen LogP contribution in [0.1, 0.15) is 22.6 Å². The van der Waals surface area contributed by atoms with Gasteiger partial charge in [-0.3, -0.25) is 0 Å². The molecule has 0 spiro atoms. The van der Waals surface area contributed by atoms with Crippen LogP contribution in [0.4, 0.5) is 17.1 Å². The summed E-state index contributed by atoms with van der Waals surface area (Å²) in [5.41, 5.74) is 11.8. The largest absolute Gasteiger partial charge is 0.378 e. The fourth-order valence-electron chi connectivity index (χ4n) is 6.11. The molecule has 0 radical (unpaired) electrons. The maximum atomic E-state index is 9.63. The number of rotatable bonds is 8. The van der Waals surface area contributed by atoms with E-state index in [1.54, 1.807) is 0 Å². The fraction of sp³-hybridized carbons (Fsp3) is 0.0465. The lowest BCUT2D eigenvalue weighted by Gasteiger charge is -2.29. The molecule has 1 aliphatic carbocycles. The Bertz CT molecular complexity index is 2060. The van der Waals surface area contributed by atoms with Gasteiger partial charge in [-0.25, -0.2) is 0 Å². The number of hydrogen-bond acceptors (Lipinski definition) is 3. The third kappa shape index (κ3) is 6.38. The van der Waals surface area contributed by atoms with Gasteiger partial charge in [0.15, 0.2) is 0 Å². The minimum Gasteiger partial charge on any atom is -0.378 e. The Hall–Kier alpha value is -6.11. The molecule has 0 bridgehead atoms. The van der Waals surface area contributed by atoms with Crippen molar-refractivity contribution in [1.82, 2.24) is 0 Å². The Labute approximate surface area is 270 Å². The summed E-state index contributed by atoms with van der Waals surface area (Å²) in [6.45, 7) is 0. The van der Waals surface area contributed by atoms with Gasteiger partial charge in [0, 0.05) is 28.5 Å². The highest BCUT2D eigenvalue weighted by molar-refractivity contribution is 5.87. The first kappa shape index (κ1) is 28.6. The Morgan fingerprint density at radius 2 is 1.22 bits per heavy atom. The number of nitriles is 1. The number of nitrogens with one attached hydrogen (secondary N) is 2. The zero-order valence-corrected chi connectivity index (χ0v) is 25.3. The van der Waals surface area contributed by atoms with Crippen LogP contribution in [0.5, 0.6) is 0 Å². The summed E-state index contributed by atoms with van der Waals surface area (Å²) in [6, 6.07) is 56.8. The van der Waals surface area contributed by atoms with Crippen LogP contribution in [-0.2, 0) is 0 Å². The van der Waals surface area contributed by atoms with Gasteiger partial charge in [-0.2, -0.15) is 5.26 Å². The lowest BCUT2D eigenvalue weighted by atomic mass is 9.83. The molecule has 6 aromatic carbocycles. The molecule has 7 rings (SSSR count). The quantitative estimate of drug-likeness (QED) is 0.185. The van der Waals surface area contributed by atoms with E-state index >= 15 is 0 Å². The molecule has 220 valence electrons. The normalized spacial score (nSPS) is 15.4. The van der Waals surface area contributed by atoms with Crippen molar-refractivity contribution < 1.29 is 0 Å². The summed E-state index contributed by atoms with van der Waals surface area (Å²) < 4.78 is 0. The Balaban J connectivity index is 1.26. The summed E-state index contributed by atoms with van der Waals surface area (Å²) in [5.74, 6) is 0.0345. The van der Waals surface area contributed by atoms with E-state index in [9.17, 15) is 5.26 Å². The molecule has 0 fully saturated rings. The highest BCUT2D eigenvalue weighted by Crippen LogP contribution is 2.38. The molecule has 1 aliphatic rings. The lowest BCUT2D eigenvalue weighted by molar-refractivity contribution is 0.758. The highest BCUT2D eigenvalue weighted by Gasteiger charge is 2.24. The Morgan fingerprint density at radius 3 is 1.98 bits per heavy atom. The molecule has 2 N–H and O–H groups in total. The zero-order valence-electron chi connectivity index (χ0n) is 25.3. The minimum atomic E-state index is 0.0338. The van der Waals surface area contributed by atoms with Crippen molar-refractivity contribution in [3.63, 3.8) is 0 Å². The van der Waals surface area contributed by atoms with E-state index < -0.39 is 0 Å². The van der Waals surface area contributed by atoms with E-state index in [0.29, 0.717) is 5.56 Å². The second kappa shape index (κ2) is 13.3. The molecule has 2 atom stereocenters. The van der Waals surface area contributed by atoms with Gasteiger partial charge < -0.3 is 10.6 Å². The molecule has 3 nitrogen and oxygen atoms in total. The van der Waals surface area contributed by atoms with Crippen LogP contribution < -0.4 is 10.6 Å². The summed E-state index contributed by atoms with van der Waals surface area (Å²) in [7, 11) is 0. The minimum absolute atomic E-state index is 0.0338. The number of hydrogen-bond donors (Lipinski definition) is 2. The van der Waals surface area contributed by atoms with Crippen LogP contribution in [0.15, 0.2) is 176 Å². The van der Waals surface area contributed by atoms with Crippen LogP contribution in [-0.4, -0.2) is 6.04 Å². The Kier molecular flexibility index (Phi) is 8.26. The standard InChI is InChI=1S/C43H33N3/c44-30-31-12-10-18-37(26-31)41-29-36(23-25-43(41)45-38-19-8-3-9-20-38)35-22-24-42(40(28-35)33-15-6-2-7-16-33)46-39-21-11-17-34(27-39)32-13-4-1-5-14-32/h1-29,41,43,45-46H. The molecule has 0 aromatic heterocycles. The van der Waals surface area contributed by atoms with Crippen LogP contribution in [0.3, 0.4) is 0 Å². The first-order valence-corrected chi connectivity index (χ1v) is 15.6. The number of allylic oxidation sites excluding steroid dienone is 2. The van der Waals surface area contributed by atoms with Crippen LogP contribution in [0.2, 0.25) is 0 Å². The third-order valence-corrected chi connectivity index (χ3v) is 8.42. The average Bonchev–Trinajstić information content (AvgIpc) is 3.13. The van der Waals surface area contributed by atoms with Crippen molar-refractivity contribution in [3.8, 4) is 28.3 Å². The monoisotopic (exact) mass is 591 g/mol. The van der Waals surface area contributed by atoms with Gasteiger partial charge in [-0.05, 0) is 81.9 Å². The molecule has 2 unspecified atom stereocenters. The molecule has 0 aliphatic heterocycles. The second-order valence-corrected chi connectivity index (χ2v) is 11.5. The van der Waals surface area contributed by atoms with E-state index in [1.807, 2.05) is 42.5 Å². The van der Waals surface area contributed by atoms with Crippen molar-refractivity contribution in [2.45, 2.75) is 12.0 Å². The predicted molar refractivity (Wildman–Crippen MR) is 192 cm³/mol. The van der Waals surface area contributed by atoms with Crippen molar-refractivity contribution in [2.24, 2.45) is 0 Å². The van der Waals surface area contributed by atoms with Crippen LogP contribution >= 0.6 is 0 Å². The number of para-hydroxylation sites is 1. The van der Waals surface area contributed by atoms with Crippen molar-refractivity contribution in [2.75, 3.05) is 10.6 Å². The van der Waals surface area contributed by atoms with Gasteiger partial charge in [-0.1, -0.05) is 127 Å². The molecular weight excluding hydrogens is 558 g/mol. The van der Waals surface area contributed by atoms with E-state index in [0.717, 1.165) is 44.9 Å². The summed E-state index contributed by atoms with van der Waals surface area (Å²) in [4.78, 5) is 0. The third-order valence-electron chi connectivity index (χ3n) is 8.42. The smallest absolute Gasteiger partial charge is 0.0991 e. The highest BCUT2D eigenvalue weighted by atomic mass is 14.9. The zero-order chi connectivity index (χ0) is 31.1. The summed E-state index contributed by atoms with van der Waals surface area (Å²) in [5, 5.41) is 17.1. The molecule has 0 amide bonds. The number of nitrogens with zero attached hydrogens (tertiary/aromatic N) is 1. The summed E-state index contributed by atoms with van der Waals surface area (Å²) in [6.07, 6.45) is 6.79. The number of benzene rings is 6. The second-order valence-electron chi connectivity index (χ2n) is 11.5. The van der Waals surface area contributed by atoms with Crippen LogP contribution in [0.25, 0.3) is 27.8 Å². The van der Waals surface area contributed by atoms with E-state index in [1.165, 1.54) is 11.1 Å². The first-order valence-electron chi connectivity index (χ1n) is 15.6. The van der Waals surface area contributed by atoms with Crippen LogP contribution in [0, 0.1) is 11.3 Å². The summed E-state index contributed by atoms with van der Waals surface area (Å²) >= 11 is 0. The molecule has 6 aromatic rings. The molecule has 46 heavy (non-hydrogen) atoms. The lowest BCUT2D eigenvalue weighted by Crippen LogP contribution is -2.26. The van der Waals surface area contributed by atoms with Gasteiger partial charge in [0.05, 0.1) is 17.7 Å². The number of anilines is 3. The maximum Gasteiger partial charge on any atom is 0.0991 e. The average molecular weight is 592 g/mol. The van der Waals surface area contributed by atoms with Gasteiger partial charge in [-0.15, -0.1) is 0 Å². The SMILES string of the molecule is N#Cc1cccc(C2C=C(c3ccc(Nc4cccc(-c5ccccc5)c4)c(-c4ccccc4)c3)C=CC2Nc2ccccc2)c1. The molecule has 0 heterocycles. The van der Waals surface area contributed by atoms with Crippen molar-refractivity contribution in [3.05, 3.63) is 193 Å². The molecule has 0 saturated heterocycles. The van der Waals surface area contributed by atoms with Crippen molar-refractivity contribution in [1.29, 1.82) is 5.26 Å². The maximum absolute atomic E-state index is 9.63. The topological polar surface area (TPSA) is 47.9 Å². The predicted octanol–water partition coefficient (Wildman–Crippen LogP) is 10.9. The van der Waals surface area contributed by atoms with Gasteiger partial charge in [0.25, 0.3) is 0 Å². The van der Waals surface area contributed by atoms with E-state index in [-0.39, 0.29) is 12.0 Å². The van der Waals surface area contributed by atoms with Crippen molar-refractivity contribution >= 4 is 22.6 Å². The fourth-order valence-corrected chi connectivity index (χ4v) is 6.11. The molecule has 3 heteroatoms.